The van der Waals surface area contributed by atoms with Crippen molar-refractivity contribution in [3.05, 3.63) is 35.9 Å². The van der Waals surface area contributed by atoms with Crippen molar-refractivity contribution in [1.29, 1.82) is 0 Å². The Bertz CT molecular complexity index is 298. The van der Waals surface area contributed by atoms with Gasteiger partial charge in [-0.05, 0) is 24.8 Å². The van der Waals surface area contributed by atoms with Gasteiger partial charge in [-0.1, -0.05) is 30.3 Å². The Kier molecular flexibility index (Phi) is 4.84. The van der Waals surface area contributed by atoms with E-state index in [1.165, 1.54) is 12.6 Å². The van der Waals surface area contributed by atoms with Gasteiger partial charge in [0.15, 0.2) is 0 Å². The lowest BCUT2D eigenvalue weighted by atomic mass is 10.1. The number of benzene rings is 1. The molecule has 0 aliphatic carbocycles. The molecule has 82 valence electrons. The Morgan fingerprint density at radius 1 is 1.40 bits per heavy atom. The van der Waals surface area contributed by atoms with Crippen LogP contribution in [0.4, 0.5) is 0 Å². The lowest BCUT2D eigenvalue weighted by Gasteiger charge is -2.08. The number of carbonyl (C=O) groups is 1. The normalized spacial score (nSPS) is 12.1. The minimum Gasteiger partial charge on any atom is -0.383 e. The van der Waals surface area contributed by atoms with Crippen LogP contribution in [0, 0.1) is 0 Å². The molecule has 0 aromatic heterocycles. The largest absolute Gasteiger partial charge is 0.383 e. The van der Waals surface area contributed by atoms with Crippen LogP contribution in [0.1, 0.15) is 18.4 Å². The zero-order chi connectivity index (χ0) is 11.1. The fourth-order valence-electron chi connectivity index (χ4n) is 1.44. The molecule has 1 aromatic rings. The van der Waals surface area contributed by atoms with Crippen molar-refractivity contribution in [2.24, 2.45) is 0 Å². The average molecular weight is 207 g/mol. The first-order valence-corrected chi connectivity index (χ1v) is 5.17. The molecule has 1 amide bonds. The number of hydrogen-bond donors (Lipinski definition) is 2. The number of aryl methyl sites for hydroxylation is 1. The summed E-state index contributed by atoms with van der Waals surface area (Å²) in [4.78, 5) is 11.0. The number of hydrogen-bond acceptors (Lipinski definition) is 2. The van der Waals surface area contributed by atoms with E-state index in [-0.39, 0.29) is 5.91 Å². The molecule has 0 saturated heterocycles. The van der Waals surface area contributed by atoms with Gasteiger partial charge in [0, 0.05) is 7.05 Å². The molecular formula is C12H17NO2. The fourth-order valence-corrected chi connectivity index (χ4v) is 1.44. The topological polar surface area (TPSA) is 49.3 Å². The molecule has 0 spiro atoms. The summed E-state index contributed by atoms with van der Waals surface area (Å²) in [6.45, 7) is 0. The highest BCUT2D eigenvalue weighted by atomic mass is 16.3. The van der Waals surface area contributed by atoms with E-state index in [0.29, 0.717) is 6.42 Å². The van der Waals surface area contributed by atoms with Crippen LogP contribution in [0.25, 0.3) is 0 Å². The van der Waals surface area contributed by atoms with Crippen molar-refractivity contribution >= 4 is 5.91 Å². The van der Waals surface area contributed by atoms with Gasteiger partial charge in [-0.15, -0.1) is 0 Å². The van der Waals surface area contributed by atoms with Gasteiger partial charge in [0.05, 0.1) is 0 Å². The number of aliphatic hydroxyl groups is 1. The molecule has 0 radical (unpaired) electrons. The molecule has 1 aromatic carbocycles. The zero-order valence-corrected chi connectivity index (χ0v) is 8.94. The first-order valence-electron chi connectivity index (χ1n) is 5.17. The molecule has 0 fully saturated rings. The maximum absolute atomic E-state index is 11.0. The van der Waals surface area contributed by atoms with Crippen LogP contribution in [0.2, 0.25) is 0 Å². The maximum Gasteiger partial charge on any atom is 0.248 e. The van der Waals surface area contributed by atoms with Gasteiger partial charge >= 0.3 is 0 Å². The Labute approximate surface area is 90.1 Å². The van der Waals surface area contributed by atoms with E-state index < -0.39 is 6.10 Å². The summed E-state index contributed by atoms with van der Waals surface area (Å²) in [7, 11) is 1.53. The SMILES string of the molecule is CNC(=O)[C@H](O)CCCc1ccccc1. The fraction of sp³-hybridized carbons (Fsp3) is 0.417. The third kappa shape index (κ3) is 4.13. The maximum atomic E-state index is 11.0. The zero-order valence-electron chi connectivity index (χ0n) is 8.94. The highest BCUT2D eigenvalue weighted by Gasteiger charge is 2.11. The number of nitrogens with one attached hydrogen (secondary N) is 1. The van der Waals surface area contributed by atoms with E-state index in [1.807, 2.05) is 30.3 Å². The molecule has 3 nitrogen and oxygen atoms in total. The van der Waals surface area contributed by atoms with Crippen LogP contribution in [-0.4, -0.2) is 24.2 Å². The van der Waals surface area contributed by atoms with E-state index in [2.05, 4.69) is 5.32 Å². The minimum absolute atomic E-state index is 0.303. The average Bonchev–Trinajstić information content (AvgIpc) is 2.29. The third-order valence-electron chi connectivity index (χ3n) is 2.33. The molecule has 0 unspecified atom stereocenters. The standard InChI is InChI=1S/C12H17NO2/c1-13-12(15)11(14)9-5-8-10-6-3-2-4-7-10/h2-4,6-7,11,14H,5,8-9H2,1H3,(H,13,15)/t11-/m1/s1. The summed E-state index contributed by atoms with van der Waals surface area (Å²) in [5.74, 6) is -0.303. The Morgan fingerprint density at radius 3 is 2.67 bits per heavy atom. The third-order valence-corrected chi connectivity index (χ3v) is 2.33. The first kappa shape index (κ1) is 11.7. The summed E-state index contributed by atoms with van der Waals surface area (Å²) in [6, 6.07) is 10.1. The molecular weight excluding hydrogens is 190 g/mol. The molecule has 2 N–H and O–H groups in total. The molecule has 0 aliphatic heterocycles. The summed E-state index contributed by atoms with van der Waals surface area (Å²) in [5.41, 5.74) is 1.24. The predicted molar refractivity (Wildman–Crippen MR) is 59.5 cm³/mol. The Hall–Kier alpha value is -1.35. The van der Waals surface area contributed by atoms with Crippen LogP contribution in [0.15, 0.2) is 30.3 Å². The first-order chi connectivity index (χ1) is 7.24. The lowest BCUT2D eigenvalue weighted by Crippen LogP contribution is -2.31. The van der Waals surface area contributed by atoms with Gasteiger partial charge in [-0.25, -0.2) is 0 Å². The Morgan fingerprint density at radius 2 is 2.07 bits per heavy atom. The molecule has 1 atom stereocenters. The quantitative estimate of drug-likeness (QED) is 0.760. The number of aliphatic hydroxyl groups excluding tert-OH is 1. The second kappa shape index (κ2) is 6.19. The monoisotopic (exact) mass is 207 g/mol. The highest BCUT2D eigenvalue weighted by Crippen LogP contribution is 2.06. The van der Waals surface area contributed by atoms with Gasteiger partial charge < -0.3 is 10.4 Å². The molecule has 0 heterocycles. The van der Waals surface area contributed by atoms with Crippen LogP contribution in [0.3, 0.4) is 0 Å². The van der Waals surface area contributed by atoms with Gasteiger partial charge in [0.1, 0.15) is 6.10 Å². The summed E-state index contributed by atoms with van der Waals surface area (Å²) < 4.78 is 0. The molecule has 0 saturated carbocycles. The van der Waals surface area contributed by atoms with Crippen molar-refractivity contribution in [1.82, 2.24) is 5.32 Å². The van der Waals surface area contributed by atoms with E-state index in [9.17, 15) is 9.90 Å². The van der Waals surface area contributed by atoms with E-state index >= 15 is 0 Å². The van der Waals surface area contributed by atoms with Crippen LogP contribution < -0.4 is 5.32 Å². The van der Waals surface area contributed by atoms with Crippen molar-refractivity contribution in [2.75, 3.05) is 7.05 Å². The van der Waals surface area contributed by atoms with Crippen molar-refractivity contribution in [3.8, 4) is 0 Å². The van der Waals surface area contributed by atoms with Crippen molar-refractivity contribution in [2.45, 2.75) is 25.4 Å². The second-order valence-corrected chi connectivity index (χ2v) is 3.51. The van der Waals surface area contributed by atoms with E-state index in [4.69, 9.17) is 0 Å². The number of rotatable bonds is 5. The van der Waals surface area contributed by atoms with Crippen LogP contribution >= 0.6 is 0 Å². The summed E-state index contributed by atoms with van der Waals surface area (Å²) in [5, 5.41) is 11.8. The van der Waals surface area contributed by atoms with E-state index in [1.54, 1.807) is 0 Å². The Balaban J connectivity index is 2.25. The molecule has 0 aliphatic rings. The van der Waals surface area contributed by atoms with Crippen LogP contribution in [-0.2, 0) is 11.2 Å². The van der Waals surface area contributed by atoms with Gasteiger partial charge in [-0.2, -0.15) is 0 Å². The molecule has 3 heteroatoms. The molecule has 15 heavy (non-hydrogen) atoms. The summed E-state index contributed by atoms with van der Waals surface area (Å²) >= 11 is 0. The van der Waals surface area contributed by atoms with Crippen molar-refractivity contribution in [3.63, 3.8) is 0 Å². The van der Waals surface area contributed by atoms with Gasteiger partial charge in [0.2, 0.25) is 5.91 Å². The molecule has 1 rings (SSSR count). The minimum atomic E-state index is -0.876. The van der Waals surface area contributed by atoms with E-state index in [0.717, 1.165) is 12.8 Å². The molecule has 0 bridgehead atoms. The number of carbonyl (C=O) groups excluding carboxylic acids is 1. The van der Waals surface area contributed by atoms with Gasteiger partial charge in [0.25, 0.3) is 0 Å². The number of likely N-dealkylation sites (N-methyl/N-ethyl adjacent to an activating group) is 1. The predicted octanol–water partition coefficient (Wildman–Crippen LogP) is 1.12. The smallest absolute Gasteiger partial charge is 0.248 e. The van der Waals surface area contributed by atoms with Crippen molar-refractivity contribution < 1.29 is 9.90 Å². The van der Waals surface area contributed by atoms with Crippen LogP contribution in [0.5, 0.6) is 0 Å². The summed E-state index contributed by atoms with van der Waals surface area (Å²) in [6.07, 6.45) is 1.35. The second-order valence-electron chi connectivity index (χ2n) is 3.51. The lowest BCUT2D eigenvalue weighted by molar-refractivity contribution is -0.129. The number of amides is 1. The highest BCUT2D eigenvalue weighted by molar-refractivity contribution is 5.79. The van der Waals surface area contributed by atoms with Gasteiger partial charge in [-0.3, -0.25) is 4.79 Å².